The van der Waals surface area contributed by atoms with E-state index in [9.17, 15) is 0 Å². The van der Waals surface area contributed by atoms with Gasteiger partial charge in [-0.25, -0.2) is 9.98 Å². The number of aryl methyl sites for hydroxylation is 1. The van der Waals surface area contributed by atoms with Gasteiger partial charge in [0.25, 0.3) is 0 Å². The molecule has 2 aromatic rings. The minimum atomic E-state index is 0.629. The summed E-state index contributed by atoms with van der Waals surface area (Å²) in [6, 6.07) is 14.8. The van der Waals surface area contributed by atoms with Gasteiger partial charge in [0.2, 0.25) is 0 Å². The average molecular weight is 395 g/mol. The lowest BCUT2D eigenvalue weighted by Gasteiger charge is -2.34. The summed E-state index contributed by atoms with van der Waals surface area (Å²) in [6.45, 7) is 8.66. The van der Waals surface area contributed by atoms with Crippen LogP contribution in [-0.4, -0.2) is 62.2 Å². The molecule has 0 aliphatic carbocycles. The Bertz CT molecular complexity index is 753. The number of aromatic nitrogens is 1. The fraction of sp³-hybridized carbons (Fsp3) is 0.478. The molecule has 6 heteroatoms. The highest BCUT2D eigenvalue weighted by molar-refractivity contribution is 5.79. The third-order valence-electron chi connectivity index (χ3n) is 5.20. The maximum atomic E-state index is 4.82. The zero-order chi connectivity index (χ0) is 20.3. The molecule has 1 aliphatic heterocycles. The van der Waals surface area contributed by atoms with Crippen molar-refractivity contribution >= 4 is 11.8 Å². The first kappa shape index (κ1) is 21.1. The van der Waals surface area contributed by atoms with E-state index in [2.05, 4.69) is 75.8 Å². The van der Waals surface area contributed by atoms with E-state index in [4.69, 9.17) is 4.99 Å². The van der Waals surface area contributed by atoms with E-state index >= 15 is 0 Å². The molecule has 0 radical (unpaired) electrons. The van der Waals surface area contributed by atoms with Gasteiger partial charge in [-0.3, -0.25) is 0 Å². The van der Waals surface area contributed by atoms with Crippen LogP contribution in [0.5, 0.6) is 0 Å². The molecule has 29 heavy (non-hydrogen) atoms. The molecule has 0 amide bonds. The molecule has 0 unspecified atom stereocenters. The van der Waals surface area contributed by atoms with Crippen LogP contribution in [0.15, 0.2) is 53.7 Å². The van der Waals surface area contributed by atoms with E-state index in [0.29, 0.717) is 6.54 Å². The fourth-order valence-electron chi connectivity index (χ4n) is 3.51. The summed E-state index contributed by atoms with van der Waals surface area (Å²) in [5, 5.41) is 6.82. The average Bonchev–Trinajstić information content (AvgIpc) is 2.76. The Morgan fingerprint density at radius 2 is 1.83 bits per heavy atom. The summed E-state index contributed by atoms with van der Waals surface area (Å²) < 4.78 is 0. The highest BCUT2D eigenvalue weighted by Gasteiger charge is 2.17. The van der Waals surface area contributed by atoms with Crippen LogP contribution in [0, 0.1) is 0 Å². The smallest absolute Gasteiger partial charge is 0.191 e. The number of aliphatic imine (C=N–C) groups is 1. The van der Waals surface area contributed by atoms with Crippen molar-refractivity contribution in [2.75, 3.05) is 51.2 Å². The van der Waals surface area contributed by atoms with Crippen LogP contribution in [0.3, 0.4) is 0 Å². The van der Waals surface area contributed by atoms with Gasteiger partial charge in [0.1, 0.15) is 5.82 Å². The molecule has 1 aromatic heterocycles. The molecule has 0 saturated carbocycles. The first-order valence-electron chi connectivity index (χ1n) is 10.7. The quantitative estimate of drug-likeness (QED) is 0.409. The Morgan fingerprint density at radius 1 is 1.03 bits per heavy atom. The van der Waals surface area contributed by atoms with E-state index in [0.717, 1.165) is 63.9 Å². The van der Waals surface area contributed by atoms with Crippen LogP contribution in [0.4, 0.5) is 5.82 Å². The van der Waals surface area contributed by atoms with Crippen LogP contribution in [0.1, 0.15) is 24.5 Å². The van der Waals surface area contributed by atoms with E-state index in [-0.39, 0.29) is 0 Å². The highest BCUT2D eigenvalue weighted by atomic mass is 15.3. The molecular weight excluding hydrogens is 360 g/mol. The third kappa shape index (κ3) is 6.75. The lowest BCUT2D eigenvalue weighted by atomic mass is 10.1. The summed E-state index contributed by atoms with van der Waals surface area (Å²) in [6.07, 6.45) is 4.03. The van der Waals surface area contributed by atoms with Crippen LogP contribution in [0.2, 0.25) is 0 Å². The Labute approximate surface area is 175 Å². The Balaban J connectivity index is 1.55. The van der Waals surface area contributed by atoms with Crippen molar-refractivity contribution < 1.29 is 0 Å². The van der Waals surface area contributed by atoms with Crippen LogP contribution in [0.25, 0.3) is 0 Å². The van der Waals surface area contributed by atoms with Gasteiger partial charge in [-0.2, -0.15) is 0 Å². The Morgan fingerprint density at radius 3 is 2.59 bits per heavy atom. The highest BCUT2D eigenvalue weighted by Crippen LogP contribution is 2.19. The van der Waals surface area contributed by atoms with Gasteiger partial charge in [0.15, 0.2) is 5.96 Å². The predicted octanol–water partition coefficient (Wildman–Crippen LogP) is 2.52. The molecule has 1 aliphatic rings. The van der Waals surface area contributed by atoms with Crippen LogP contribution < -0.4 is 15.5 Å². The van der Waals surface area contributed by atoms with Crippen LogP contribution >= 0.6 is 0 Å². The van der Waals surface area contributed by atoms with Gasteiger partial charge in [-0.15, -0.1) is 0 Å². The van der Waals surface area contributed by atoms with Crippen molar-refractivity contribution in [2.45, 2.75) is 26.3 Å². The predicted molar refractivity (Wildman–Crippen MR) is 122 cm³/mol. The molecule has 0 atom stereocenters. The van der Waals surface area contributed by atoms with Gasteiger partial charge in [0.05, 0.1) is 6.54 Å². The van der Waals surface area contributed by atoms with Crippen molar-refractivity contribution in [3.05, 3.63) is 59.8 Å². The molecule has 2 N–H and O–H groups in total. The summed E-state index contributed by atoms with van der Waals surface area (Å²) >= 11 is 0. The van der Waals surface area contributed by atoms with Crippen molar-refractivity contribution in [2.24, 2.45) is 4.99 Å². The van der Waals surface area contributed by atoms with Gasteiger partial charge in [-0.05, 0) is 38.4 Å². The minimum Gasteiger partial charge on any atom is -0.357 e. The second-order valence-electron chi connectivity index (χ2n) is 7.49. The summed E-state index contributed by atoms with van der Waals surface area (Å²) in [5.41, 5.74) is 2.56. The van der Waals surface area contributed by atoms with Gasteiger partial charge in [0, 0.05) is 51.0 Å². The molecule has 3 rings (SSSR count). The standard InChI is InChI=1S/C23H34N6/c1-3-24-23(26-14-7-11-20-9-5-4-6-10-20)27-19-21-12-8-13-25-22(21)29-17-15-28(2)16-18-29/h4-6,8-10,12-13H,3,7,11,14-19H2,1-2H3,(H2,24,26,27). The molecular formula is C23H34N6. The lowest BCUT2D eigenvalue weighted by molar-refractivity contribution is 0.312. The monoisotopic (exact) mass is 394 g/mol. The first-order chi connectivity index (χ1) is 14.3. The third-order valence-corrected chi connectivity index (χ3v) is 5.20. The minimum absolute atomic E-state index is 0.629. The fourth-order valence-corrected chi connectivity index (χ4v) is 3.51. The number of pyridine rings is 1. The van der Waals surface area contributed by atoms with E-state index in [1.54, 1.807) is 0 Å². The number of anilines is 1. The maximum Gasteiger partial charge on any atom is 0.191 e. The summed E-state index contributed by atoms with van der Waals surface area (Å²) in [5.74, 6) is 1.94. The van der Waals surface area contributed by atoms with E-state index < -0.39 is 0 Å². The molecule has 1 saturated heterocycles. The van der Waals surface area contributed by atoms with E-state index in [1.807, 2.05) is 12.3 Å². The summed E-state index contributed by atoms with van der Waals surface area (Å²) in [4.78, 5) is 14.2. The number of nitrogens with zero attached hydrogens (tertiary/aromatic N) is 4. The molecule has 1 aromatic carbocycles. The number of nitrogens with one attached hydrogen (secondary N) is 2. The van der Waals surface area contributed by atoms with Crippen molar-refractivity contribution in [3.63, 3.8) is 0 Å². The lowest BCUT2D eigenvalue weighted by Crippen LogP contribution is -2.45. The Kier molecular flexibility index (Phi) is 8.31. The normalized spacial score (nSPS) is 15.4. The number of rotatable bonds is 8. The number of likely N-dealkylation sites (N-methyl/N-ethyl adjacent to an activating group) is 1. The molecule has 6 nitrogen and oxygen atoms in total. The number of benzene rings is 1. The molecule has 2 heterocycles. The first-order valence-corrected chi connectivity index (χ1v) is 10.7. The zero-order valence-corrected chi connectivity index (χ0v) is 17.8. The second-order valence-corrected chi connectivity index (χ2v) is 7.49. The molecule has 0 bridgehead atoms. The number of piperazine rings is 1. The van der Waals surface area contributed by atoms with Crippen molar-refractivity contribution in [3.8, 4) is 0 Å². The topological polar surface area (TPSA) is 55.8 Å². The molecule has 156 valence electrons. The number of guanidine groups is 1. The van der Waals surface area contributed by atoms with Crippen molar-refractivity contribution in [1.29, 1.82) is 0 Å². The SMILES string of the molecule is CCNC(=NCc1cccnc1N1CCN(C)CC1)NCCCc1ccccc1. The van der Waals surface area contributed by atoms with Crippen molar-refractivity contribution in [1.82, 2.24) is 20.5 Å². The van der Waals surface area contributed by atoms with Crippen LogP contribution in [-0.2, 0) is 13.0 Å². The van der Waals surface area contributed by atoms with Gasteiger partial charge < -0.3 is 20.4 Å². The van der Waals surface area contributed by atoms with Gasteiger partial charge in [-0.1, -0.05) is 36.4 Å². The Hall–Kier alpha value is -2.60. The zero-order valence-electron chi connectivity index (χ0n) is 17.8. The maximum absolute atomic E-state index is 4.82. The number of hydrogen-bond donors (Lipinski definition) is 2. The van der Waals surface area contributed by atoms with Gasteiger partial charge >= 0.3 is 0 Å². The molecule has 0 spiro atoms. The van der Waals surface area contributed by atoms with E-state index in [1.165, 1.54) is 11.1 Å². The summed E-state index contributed by atoms with van der Waals surface area (Å²) in [7, 11) is 2.17. The molecule has 1 fully saturated rings. The second kappa shape index (κ2) is 11.4. The number of hydrogen-bond acceptors (Lipinski definition) is 4. The largest absolute Gasteiger partial charge is 0.357 e.